The average Bonchev–Trinajstić information content (AvgIpc) is 2.31. The molecule has 6 heteroatoms. The Morgan fingerprint density at radius 3 is 2.63 bits per heavy atom. The van der Waals surface area contributed by atoms with Crippen LogP contribution in [0.25, 0.3) is 0 Å². The highest BCUT2D eigenvalue weighted by Gasteiger charge is 2.44. The summed E-state index contributed by atoms with van der Waals surface area (Å²) in [5.74, 6) is -1.29. The lowest BCUT2D eigenvalue weighted by atomic mass is 9.96. The van der Waals surface area contributed by atoms with E-state index in [2.05, 4.69) is 5.32 Å². The van der Waals surface area contributed by atoms with Crippen LogP contribution >= 0.6 is 11.6 Å². The van der Waals surface area contributed by atoms with Crippen LogP contribution in [0.4, 0.5) is 10.1 Å². The van der Waals surface area contributed by atoms with Gasteiger partial charge in [-0.2, -0.15) is 0 Å². The Labute approximate surface area is 115 Å². The number of halogens is 2. The number of benzene rings is 1. The highest BCUT2D eigenvalue weighted by Crippen LogP contribution is 2.29. The van der Waals surface area contributed by atoms with Gasteiger partial charge in [0.25, 0.3) is 5.91 Å². The molecular weight excluding hydrogens is 271 g/mol. The van der Waals surface area contributed by atoms with Gasteiger partial charge in [-0.15, -0.1) is 0 Å². The van der Waals surface area contributed by atoms with E-state index >= 15 is 0 Å². The molecule has 1 unspecified atom stereocenters. The summed E-state index contributed by atoms with van der Waals surface area (Å²) in [6.07, 6.45) is 0. The Morgan fingerprint density at radius 1 is 1.37 bits per heavy atom. The van der Waals surface area contributed by atoms with Crippen LogP contribution in [-0.4, -0.2) is 23.4 Å². The normalized spacial score (nSPS) is 22.4. The van der Waals surface area contributed by atoms with Gasteiger partial charge in [0.1, 0.15) is 17.4 Å². The Balaban J connectivity index is 2.54. The summed E-state index contributed by atoms with van der Waals surface area (Å²) >= 11 is 5.83. The molecule has 1 atom stereocenters. The van der Waals surface area contributed by atoms with Crippen LogP contribution in [0.5, 0.6) is 0 Å². The van der Waals surface area contributed by atoms with Gasteiger partial charge in [0.05, 0.1) is 5.69 Å². The molecule has 0 aromatic heterocycles. The predicted molar refractivity (Wildman–Crippen MR) is 70.6 cm³/mol. The van der Waals surface area contributed by atoms with Gasteiger partial charge in [0.15, 0.2) is 0 Å². The van der Waals surface area contributed by atoms with Crippen molar-refractivity contribution in [1.29, 1.82) is 0 Å². The second-order valence-corrected chi connectivity index (χ2v) is 5.50. The molecule has 4 nitrogen and oxygen atoms in total. The van der Waals surface area contributed by atoms with E-state index in [4.69, 9.17) is 11.6 Å². The van der Waals surface area contributed by atoms with Crippen LogP contribution in [0.3, 0.4) is 0 Å². The standard InChI is InChI=1S/C13H14ClFN2O2/c1-7-11(18)16-13(2,3)12(19)17(7)10-6-8(14)4-5-9(10)15/h4-7H,1-3H3,(H,16,18). The third-order valence-electron chi connectivity index (χ3n) is 3.12. The monoisotopic (exact) mass is 284 g/mol. The number of carbonyl (C=O) groups is 2. The number of rotatable bonds is 1. The molecule has 0 radical (unpaired) electrons. The maximum absolute atomic E-state index is 13.9. The van der Waals surface area contributed by atoms with Crippen LogP contribution in [0.15, 0.2) is 18.2 Å². The Bertz CT molecular complexity index is 560. The van der Waals surface area contributed by atoms with Gasteiger partial charge < -0.3 is 5.32 Å². The van der Waals surface area contributed by atoms with Crippen LogP contribution in [0.1, 0.15) is 20.8 Å². The Kier molecular flexibility index (Phi) is 3.26. The van der Waals surface area contributed by atoms with Gasteiger partial charge in [0.2, 0.25) is 5.91 Å². The van der Waals surface area contributed by atoms with E-state index in [1.165, 1.54) is 18.2 Å². The number of hydrogen-bond donors (Lipinski definition) is 1. The summed E-state index contributed by atoms with van der Waals surface area (Å²) in [4.78, 5) is 25.4. The number of piperazine rings is 1. The smallest absolute Gasteiger partial charge is 0.252 e. The van der Waals surface area contributed by atoms with Crippen molar-refractivity contribution in [3.05, 3.63) is 29.0 Å². The Hall–Kier alpha value is -1.62. The fourth-order valence-corrected chi connectivity index (χ4v) is 2.21. The molecule has 1 aliphatic rings. The SMILES string of the molecule is CC1C(=O)NC(C)(C)C(=O)N1c1cc(Cl)ccc1F. The molecule has 0 bridgehead atoms. The van der Waals surface area contributed by atoms with Crippen molar-refractivity contribution in [3.63, 3.8) is 0 Å². The second kappa shape index (κ2) is 4.49. The van der Waals surface area contributed by atoms with Crippen molar-refractivity contribution in [2.45, 2.75) is 32.4 Å². The van der Waals surface area contributed by atoms with Crippen LogP contribution < -0.4 is 10.2 Å². The fraction of sp³-hybridized carbons (Fsp3) is 0.385. The van der Waals surface area contributed by atoms with Crippen LogP contribution in [0, 0.1) is 5.82 Å². The molecule has 0 spiro atoms. The third-order valence-corrected chi connectivity index (χ3v) is 3.36. The van der Waals surface area contributed by atoms with Crippen molar-refractivity contribution in [2.24, 2.45) is 0 Å². The van der Waals surface area contributed by atoms with E-state index in [0.717, 1.165) is 4.90 Å². The largest absolute Gasteiger partial charge is 0.340 e. The van der Waals surface area contributed by atoms with Crippen molar-refractivity contribution in [1.82, 2.24) is 5.32 Å². The van der Waals surface area contributed by atoms with Gasteiger partial charge in [-0.1, -0.05) is 11.6 Å². The lowest BCUT2D eigenvalue weighted by molar-refractivity contribution is -0.136. The fourth-order valence-electron chi connectivity index (χ4n) is 2.05. The zero-order chi connectivity index (χ0) is 14.4. The minimum atomic E-state index is -1.07. The van der Waals surface area contributed by atoms with Crippen molar-refractivity contribution >= 4 is 29.1 Å². The summed E-state index contributed by atoms with van der Waals surface area (Å²) in [6.45, 7) is 4.70. The zero-order valence-corrected chi connectivity index (χ0v) is 11.6. The number of nitrogens with one attached hydrogen (secondary N) is 1. The molecule has 1 N–H and O–H groups in total. The van der Waals surface area contributed by atoms with E-state index in [1.807, 2.05) is 0 Å². The molecular formula is C13H14ClFN2O2. The first-order chi connectivity index (χ1) is 8.74. The lowest BCUT2D eigenvalue weighted by Crippen LogP contribution is -2.67. The Morgan fingerprint density at radius 2 is 2.00 bits per heavy atom. The second-order valence-electron chi connectivity index (χ2n) is 5.06. The molecule has 0 aliphatic carbocycles. The number of amides is 2. The number of carbonyl (C=O) groups excluding carboxylic acids is 2. The van der Waals surface area contributed by atoms with E-state index in [-0.39, 0.29) is 17.5 Å². The third kappa shape index (κ3) is 2.30. The maximum atomic E-state index is 13.9. The minimum absolute atomic E-state index is 0.0212. The summed E-state index contributed by atoms with van der Waals surface area (Å²) in [6, 6.07) is 3.13. The van der Waals surface area contributed by atoms with Crippen molar-refractivity contribution < 1.29 is 14.0 Å². The maximum Gasteiger partial charge on any atom is 0.252 e. The first-order valence-corrected chi connectivity index (χ1v) is 6.22. The summed E-state index contributed by atoms with van der Waals surface area (Å²) < 4.78 is 13.9. The van der Waals surface area contributed by atoms with Gasteiger partial charge in [-0.05, 0) is 39.0 Å². The molecule has 1 saturated heterocycles. The van der Waals surface area contributed by atoms with Crippen LogP contribution in [0.2, 0.25) is 5.02 Å². The van der Waals surface area contributed by atoms with E-state index < -0.39 is 17.4 Å². The molecule has 2 amide bonds. The number of hydrogen-bond acceptors (Lipinski definition) is 2. The minimum Gasteiger partial charge on any atom is -0.340 e. The van der Waals surface area contributed by atoms with Gasteiger partial charge in [-0.25, -0.2) is 4.39 Å². The lowest BCUT2D eigenvalue weighted by Gasteiger charge is -2.41. The first-order valence-electron chi connectivity index (χ1n) is 5.85. The average molecular weight is 285 g/mol. The summed E-state index contributed by atoms with van der Waals surface area (Å²) in [5, 5.41) is 2.91. The topological polar surface area (TPSA) is 49.4 Å². The predicted octanol–water partition coefficient (Wildman–Crippen LogP) is 2.11. The molecule has 1 aromatic rings. The van der Waals surface area contributed by atoms with Gasteiger partial charge >= 0.3 is 0 Å². The number of anilines is 1. The summed E-state index contributed by atoms with van der Waals surface area (Å²) in [5.41, 5.74) is -1.05. The first kappa shape index (κ1) is 13.8. The molecule has 1 heterocycles. The van der Waals surface area contributed by atoms with Crippen LogP contribution in [-0.2, 0) is 9.59 Å². The highest BCUT2D eigenvalue weighted by atomic mass is 35.5. The van der Waals surface area contributed by atoms with Crippen molar-refractivity contribution in [2.75, 3.05) is 4.90 Å². The zero-order valence-electron chi connectivity index (χ0n) is 10.8. The number of nitrogens with zero attached hydrogens (tertiary/aromatic N) is 1. The molecule has 0 saturated carbocycles. The molecule has 19 heavy (non-hydrogen) atoms. The van der Waals surface area contributed by atoms with Gasteiger partial charge in [-0.3, -0.25) is 14.5 Å². The molecule has 1 fully saturated rings. The molecule has 102 valence electrons. The van der Waals surface area contributed by atoms with E-state index in [0.29, 0.717) is 5.02 Å². The highest BCUT2D eigenvalue weighted by molar-refractivity contribution is 6.31. The van der Waals surface area contributed by atoms with Gasteiger partial charge in [0, 0.05) is 5.02 Å². The summed E-state index contributed by atoms with van der Waals surface area (Å²) in [7, 11) is 0. The van der Waals surface area contributed by atoms with E-state index in [1.54, 1.807) is 20.8 Å². The molecule has 1 aromatic carbocycles. The van der Waals surface area contributed by atoms with Crippen molar-refractivity contribution in [3.8, 4) is 0 Å². The van der Waals surface area contributed by atoms with E-state index in [9.17, 15) is 14.0 Å². The molecule has 1 aliphatic heterocycles. The molecule has 2 rings (SSSR count). The quantitative estimate of drug-likeness (QED) is 0.859.